The van der Waals surface area contributed by atoms with Crippen LogP contribution in [0.3, 0.4) is 0 Å². The van der Waals surface area contributed by atoms with E-state index in [9.17, 15) is 4.39 Å². The van der Waals surface area contributed by atoms with Gasteiger partial charge in [0.15, 0.2) is 0 Å². The van der Waals surface area contributed by atoms with E-state index in [0.29, 0.717) is 21.4 Å². The second-order valence-corrected chi connectivity index (χ2v) is 6.44. The highest BCUT2D eigenvalue weighted by molar-refractivity contribution is 6.36. The van der Waals surface area contributed by atoms with Crippen LogP contribution < -0.4 is 4.90 Å². The van der Waals surface area contributed by atoms with Gasteiger partial charge in [-0.05, 0) is 49.7 Å². The van der Waals surface area contributed by atoms with Crippen LogP contribution in [0.25, 0.3) is 0 Å². The molecular formula is C18H20Cl2FN3. The molecule has 2 aromatic rings. The molecule has 2 aromatic carbocycles. The highest BCUT2D eigenvalue weighted by atomic mass is 35.5. The summed E-state index contributed by atoms with van der Waals surface area (Å²) >= 11 is 12.5. The summed E-state index contributed by atoms with van der Waals surface area (Å²) in [5.41, 5.74) is 3.04. The second-order valence-electron chi connectivity index (χ2n) is 5.62. The van der Waals surface area contributed by atoms with Crippen LogP contribution in [0.1, 0.15) is 12.5 Å². The van der Waals surface area contributed by atoms with Crippen molar-refractivity contribution in [3.05, 3.63) is 51.8 Å². The predicted molar refractivity (Wildman–Crippen MR) is 102 cm³/mol. The number of aryl methyl sites for hydroxylation is 1. The fourth-order valence-corrected chi connectivity index (χ4v) is 2.68. The first-order chi connectivity index (χ1) is 11.3. The molecule has 0 fully saturated rings. The van der Waals surface area contributed by atoms with Crippen molar-refractivity contribution in [3.8, 4) is 0 Å². The maximum absolute atomic E-state index is 13.6. The quantitative estimate of drug-likeness (QED) is 0.489. The van der Waals surface area contributed by atoms with E-state index < -0.39 is 5.82 Å². The van der Waals surface area contributed by atoms with E-state index in [1.165, 1.54) is 12.1 Å². The fraction of sp³-hybridized carbons (Fsp3) is 0.278. The maximum Gasteiger partial charge on any atom is 0.126 e. The highest BCUT2D eigenvalue weighted by Gasteiger charge is 2.14. The van der Waals surface area contributed by atoms with Gasteiger partial charge in [0.2, 0.25) is 0 Å². The van der Waals surface area contributed by atoms with E-state index >= 15 is 0 Å². The molecule has 0 aliphatic carbocycles. The number of hydrogen-bond donors (Lipinski definition) is 0. The number of halogens is 3. The number of hydrogen-bond acceptors (Lipinski definition) is 2. The zero-order valence-corrected chi connectivity index (χ0v) is 15.7. The topological polar surface area (TPSA) is 18.8 Å². The average Bonchev–Trinajstić information content (AvgIpc) is 2.53. The van der Waals surface area contributed by atoms with Gasteiger partial charge in [0, 0.05) is 31.4 Å². The van der Waals surface area contributed by atoms with Crippen LogP contribution in [-0.4, -0.2) is 31.9 Å². The molecule has 6 heteroatoms. The summed E-state index contributed by atoms with van der Waals surface area (Å²) in [7, 11) is 3.76. The third kappa shape index (κ3) is 4.40. The maximum atomic E-state index is 13.6. The van der Waals surface area contributed by atoms with Crippen LogP contribution in [0, 0.1) is 12.7 Å². The second kappa shape index (κ2) is 7.86. The van der Waals surface area contributed by atoms with E-state index in [-0.39, 0.29) is 0 Å². The molecule has 24 heavy (non-hydrogen) atoms. The lowest BCUT2D eigenvalue weighted by atomic mass is 10.1. The Morgan fingerprint density at radius 2 is 1.83 bits per heavy atom. The summed E-state index contributed by atoms with van der Waals surface area (Å²) in [6.07, 6.45) is 1.74. The van der Waals surface area contributed by atoms with Gasteiger partial charge in [-0.3, -0.25) is 0 Å². The summed E-state index contributed by atoms with van der Waals surface area (Å²) in [6, 6.07) is 8.23. The Morgan fingerprint density at radius 3 is 2.46 bits per heavy atom. The molecule has 0 amide bonds. The summed E-state index contributed by atoms with van der Waals surface area (Å²) in [5, 5.41) is 0.840. The number of rotatable bonds is 5. The van der Waals surface area contributed by atoms with E-state index in [1.54, 1.807) is 17.3 Å². The molecule has 0 radical (unpaired) electrons. The lowest BCUT2D eigenvalue weighted by Gasteiger charge is -2.22. The third-order valence-electron chi connectivity index (χ3n) is 3.67. The summed E-state index contributed by atoms with van der Waals surface area (Å²) in [5.74, 6) is -0.393. The zero-order valence-electron chi connectivity index (χ0n) is 14.1. The van der Waals surface area contributed by atoms with E-state index in [1.807, 2.05) is 45.0 Å². The molecule has 0 saturated heterocycles. The van der Waals surface area contributed by atoms with Crippen LogP contribution in [0.15, 0.2) is 35.3 Å². The first kappa shape index (κ1) is 18.6. The first-order valence-electron chi connectivity index (χ1n) is 7.56. The predicted octanol–water partition coefficient (Wildman–Crippen LogP) is 5.82. The first-order valence-corrected chi connectivity index (χ1v) is 8.31. The summed E-state index contributed by atoms with van der Waals surface area (Å²) < 4.78 is 13.6. The summed E-state index contributed by atoms with van der Waals surface area (Å²) in [6.45, 7) is 4.85. The van der Waals surface area contributed by atoms with Crippen molar-refractivity contribution >= 4 is 46.6 Å². The normalized spacial score (nSPS) is 11.1. The molecular weight excluding hydrogens is 348 g/mol. The number of aliphatic imine (C=N–C) groups is 1. The van der Waals surface area contributed by atoms with Crippen LogP contribution >= 0.6 is 23.2 Å². The number of benzene rings is 2. The molecule has 3 nitrogen and oxygen atoms in total. The monoisotopic (exact) mass is 367 g/mol. The van der Waals surface area contributed by atoms with Gasteiger partial charge in [-0.1, -0.05) is 23.2 Å². The van der Waals surface area contributed by atoms with Crippen LogP contribution in [0.5, 0.6) is 0 Å². The van der Waals surface area contributed by atoms with Gasteiger partial charge in [0.25, 0.3) is 0 Å². The Kier molecular flexibility index (Phi) is 6.08. The van der Waals surface area contributed by atoms with Gasteiger partial charge in [0.05, 0.1) is 22.7 Å². The Hall–Kier alpha value is -1.78. The smallest absolute Gasteiger partial charge is 0.126 e. The molecule has 0 aliphatic rings. The molecule has 0 bridgehead atoms. The molecule has 2 rings (SSSR count). The minimum atomic E-state index is -0.393. The zero-order chi connectivity index (χ0) is 17.9. The molecule has 0 heterocycles. The largest absolute Gasteiger partial charge is 0.366 e. The van der Waals surface area contributed by atoms with Crippen molar-refractivity contribution in [1.82, 2.24) is 4.90 Å². The minimum absolute atomic E-state index is 0.337. The van der Waals surface area contributed by atoms with Gasteiger partial charge in [0.1, 0.15) is 5.82 Å². The Balaban J connectivity index is 2.46. The van der Waals surface area contributed by atoms with Gasteiger partial charge >= 0.3 is 0 Å². The Labute approximate surface area is 152 Å². The van der Waals surface area contributed by atoms with Gasteiger partial charge in [-0.15, -0.1) is 0 Å². The van der Waals surface area contributed by atoms with E-state index in [4.69, 9.17) is 23.2 Å². The van der Waals surface area contributed by atoms with Crippen LogP contribution in [0.4, 0.5) is 21.5 Å². The van der Waals surface area contributed by atoms with Gasteiger partial charge < -0.3 is 9.80 Å². The van der Waals surface area contributed by atoms with Gasteiger partial charge in [-0.25, -0.2) is 9.38 Å². The molecule has 0 aliphatic heterocycles. The number of nitrogens with zero attached hydrogens (tertiary/aromatic N) is 3. The average molecular weight is 368 g/mol. The summed E-state index contributed by atoms with van der Waals surface area (Å²) in [4.78, 5) is 8.20. The standard InChI is InChI=1S/C18H20Cl2FN3/c1-5-23(3)11-22-16-6-12(2)7-17(18(16)20)24(4)15-9-13(19)8-14(21)10-15/h6-11H,5H2,1-4H3/b22-11-. The van der Waals surface area contributed by atoms with Crippen molar-refractivity contribution in [3.63, 3.8) is 0 Å². The molecule has 128 valence electrons. The van der Waals surface area contributed by atoms with E-state index in [0.717, 1.165) is 17.8 Å². The van der Waals surface area contributed by atoms with Crippen molar-refractivity contribution in [1.29, 1.82) is 0 Å². The van der Waals surface area contributed by atoms with Crippen LogP contribution in [-0.2, 0) is 0 Å². The lowest BCUT2D eigenvalue weighted by molar-refractivity contribution is 0.552. The highest BCUT2D eigenvalue weighted by Crippen LogP contribution is 2.39. The van der Waals surface area contributed by atoms with Crippen molar-refractivity contribution in [2.45, 2.75) is 13.8 Å². The van der Waals surface area contributed by atoms with Crippen molar-refractivity contribution in [2.24, 2.45) is 4.99 Å². The molecule has 0 spiro atoms. The van der Waals surface area contributed by atoms with Gasteiger partial charge in [-0.2, -0.15) is 0 Å². The Morgan fingerprint density at radius 1 is 1.12 bits per heavy atom. The molecule has 0 N–H and O–H groups in total. The van der Waals surface area contributed by atoms with E-state index in [2.05, 4.69) is 4.99 Å². The third-order valence-corrected chi connectivity index (χ3v) is 4.27. The molecule has 0 saturated carbocycles. The minimum Gasteiger partial charge on any atom is -0.366 e. The molecule has 0 aromatic heterocycles. The van der Waals surface area contributed by atoms with Crippen LogP contribution in [0.2, 0.25) is 10.0 Å². The van der Waals surface area contributed by atoms with Crippen molar-refractivity contribution in [2.75, 3.05) is 25.5 Å². The Bertz CT molecular complexity index is 742. The number of anilines is 2. The molecule has 0 atom stereocenters. The fourth-order valence-electron chi connectivity index (χ4n) is 2.18. The van der Waals surface area contributed by atoms with Crippen molar-refractivity contribution < 1.29 is 4.39 Å². The lowest BCUT2D eigenvalue weighted by Crippen LogP contribution is -2.14. The molecule has 0 unspecified atom stereocenters. The SMILES string of the molecule is CCN(C)/C=N\c1cc(C)cc(N(C)c2cc(F)cc(Cl)c2)c1Cl.